The lowest BCUT2D eigenvalue weighted by molar-refractivity contribution is 0.158. The van der Waals surface area contributed by atoms with Gasteiger partial charge in [-0.15, -0.1) is 17.9 Å². The van der Waals surface area contributed by atoms with Gasteiger partial charge in [0.15, 0.2) is 0 Å². The van der Waals surface area contributed by atoms with Crippen molar-refractivity contribution >= 4 is 17.6 Å². The molecule has 2 heterocycles. The zero-order valence-electron chi connectivity index (χ0n) is 18.2. The summed E-state index contributed by atoms with van der Waals surface area (Å²) >= 11 is 2.08. The monoisotopic (exact) mass is 399 g/mol. The highest BCUT2D eigenvalue weighted by molar-refractivity contribution is 7.12. The second-order valence-electron chi connectivity index (χ2n) is 9.41. The number of thiophene rings is 1. The van der Waals surface area contributed by atoms with Crippen molar-refractivity contribution in [2.75, 3.05) is 26.2 Å². The molecular weight excluding hydrogens is 362 g/mol. The molecule has 0 atom stereocenters. The molecule has 3 rings (SSSR count). The van der Waals surface area contributed by atoms with E-state index in [1.165, 1.54) is 37.0 Å². The summed E-state index contributed by atoms with van der Waals surface area (Å²) in [5, 5.41) is 0. The van der Waals surface area contributed by atoms with Gasteiger partial charge in [-0.1, -0.05) is 19.9 Å². The highest BCUT2D eigenvalue weighted by Crippen LogP contribution is 2.49. The van der Waals surface area contributed by atoms with Crippen LogP contribution in [0.25, 0.3) is 0 Å². The average Bonchev–Trinajstić information content (AvgIpc) is 2.98. The number of likely N-dealkylation sites (tertiary alicyclic amines) is 1. The maximum Gasteiger partial charge on any atom is 0.0474 e. The molecule has 1 aliphatic carbocycles. The maximum atomic E-state index is 5.89. The van der Waals surface area contributed by atoms with Gasteiger partial charge in [-0.3, -0.25) is 9.89 Å². The van der Waals surface area contributed by atoms with Gasteiger partial charge in [-0.2, -0.15) is 0 Å². The molecule has 28 heavy (non-hydrogen) atoms. The molecule has 1 aliphatic heterocycles. The predicted octanol–water partition coefficient (Wildman–Crippen LogP) is 5.16. The summed E-state index contributed by atoms with van der Waals surface area (Å²) in [4.78, 5) is 10.4. The van der Waals surface area contributed by atoms with Crippen LogP contribution in [-0.4, -0.2) is 37.3 Å². The molecule has 2 aliphatic rings. The highest BCUT2D eigenvalue weighted by Gasteiger charge is 2.41. The second-order valence-corrected chi connectivity index (χ2v) is 10.6. The van der Waals surface area contributed by atoms with Crippen molar-refractivity contribution in [3.05, 3.63) is 45.3 Å². The first-order valence-corrected chi connectivity index (χ1v) is 11.5. The van der Waals surface area contributed by atoms with E-state index in [2.05, 4.69) is 55.5 Å². The molecule has 1 saturated heterocycles. The number of nitrogens with two attached hydrogens (primary N) is 1. The molecule has 2 N–H and O–H groups in total. The first kappa shape index (κ1) is 21.3. The third-order valence-corrected chi connectivity index (χ3v) is 8.31. The van der Waals surface area contributed by atoms with Crippen LogP contribution in [0.4, 0.5) is 0 Å². The summed E-state index contributed by atoms with van der Waals surface area (Å²) in [6.07, 6.45) is 12.2. The van der Waals surface area contributed by atoms with Gasteiger partial charge in [0.25, 0.3) is 0 Å². The van der Waals surface area contributed by atoms with Crippen molar-refractivity contribution in [3.8, 4) is 0 Å². The molecule has 0 radical (unpaired) electrons. The quantitative estimate of drug-likeness (QED) is 0.530. The van der Waals surface area contributed by atoms with Gasteiger partial charge in [-0.05, 0) is 81.9 Å². The highest BCUT2D eigenvalue weighted by atomic mass is 32.1. The normalized spacial score (nSPS) is 20.6. The van der Waals surface area contributed by atoms with Crippen LogP contribution in [-0.2, 0) is 11.8 Å². The number of piperidine rings is 1. The fourth-order valence-corrected chi connectivity index (χ4v) is 6.08. The number of fused-ring (bicyclic) bond motifs is 2. The molecule has 1 fully saturated rings. The van der Waals surface area contributed by atoms with Crippen molar-refractivity contribution in [2.45, 2.75) is 65.2 Å². The van der Waals surface area contributed by atoms with Gasteiger partial charge < -0.3 is 5.73 Å². The Bertz CT molecular complexity index is 761. The summed E-state index contributed by atoms with van der Waals surface area (Å²) in [5.41, 5.74) is 10.7. The number of aryl methyl sites for hydroxylation is 1. The Morgan fingerprint density at radius 1 is 1.29 bits per heavy atom. The van der Waals surface area contributed by atoms with Crippen LogP contribution in [0.2, 0.25) is 0 Å². The molecule has 3 nitrogen and oxygen atoms in total. The van der Waals surface area contributed by atoms with Crippen LogP contribution in [0.15, 0.2) is 29.4 Å². The van der Waals surface area contributed by atoms with Crippen molar-refractivity contribution in [3.63, 3.8) is 0 Å². The van der Waals surface area contributed by atoms with Crippen LogP contribution in [0, 0.1) is 19.3 Å². The van der Waals surface area contributed by atoms with E-state index < -0.39 is 0 Å². The Hall–Kier alpha value is -1.39. The Labute approximate surface area is 175 Å². The standard InChI is InChI=1S/C24H37N3S/c1-6-23(4,5)17-26-15-20(14-25)16-27-12-10-24(11-13-27)9-7-8-21-18(2)19(3)28-22(21)24/h6,14-15H,1,7-13,16-17,25H2,2-5H3. The first-order valence-electron chi connectivity index (χ1n) is 10.7. The van der Waals surface area contributed by atoms with Crippen molar-refractivity contribution in [2.24, 2.45) is 16.1 Å². The Morgan fingerprint density at radius 2 is 2.00 bits per heavy atom. The van der Waals surface area contributed by atoms with Gasteiger partial charge in [0, 0.05) is 39.9 Å². The van der Waals surface area contributed by atoms with E-state index in [9.17, 15) is 0 Å². The molecule has 4 heteroatoms. The minimum absolute atomic E-state index is 0.0311. The number of aliphatic imine (C=N–C) groups is 1. The molecule has 1 aromatic heterocycles. The van der Waals surface area contributed by atoms with Crippen LogP contribution in [0.3, 0.4) is 0 Å². The van der Waals surface area contributed by atoms with E-state index in [0.29, 0.717) is 5.41 Å². The topological polar surface area (TPSA) is 41.6 Å². The zero-order valence-corrected chi connectivity index (χ0v) is 19.0. The number of hydrogen-bond donors (Lipinski definition) is 1. The van der Waals surface area contributed by atoms with E-state index in [1.54, 1.807) is 22.2 Å². The third-order valence-electron chi connectivity index (χ3n) is 6.82. The van der Waals surface area contributed by atoms with Gasteiger partial charge in [-0.25, -0.2) is 0 Å². The van der Waals surface area contributed by atoms with Crippen LogP contribution >= 0.6 is 11.3 Å². The molecule has 0 bridgehead atoms. The Kier molecular flexibility index (Phi) is 6.51. The van der Waals surface area contributed by atoms with Crippen molar-refractivity contribution in [1.29, 1.82) is 0 Å². The van der Waals surface area contributed by atoms with Gasteiger partial charge in [0.1, 0.15) is 0 Å². The fourth-order valence-electron chi connectivity index (χ4n) is 4.59. The lowest BCUT2D eigenvalue weighted by atomic mass is 9.68. The van der Waals surface area contributed by atoms with Crippen molar-refractivity contribution < 1.29 is 0 Å². The number of hydrogen-bond acceptors (Lipinski definition) is 4. The van der Waals surface area contributed by atoms with Crippen molar-refractivity contribution in [1.82, 2.24) is 4.90 Å². The minimum Gasteiger partial charge on any atom is -0.404 e. The maximum absolute atomic E-state index is 5.89. The lowest BCUT2D eigenvalue weighted by Gasteiger charge is -2.44. The predicted molar refractivity (Wildman–Crippen MR) is 124 cm³/mol. The van der Waals surface area contributed by atoms with E-state index in [0.717, 1.165) is 31.8 Å². The molecule has 0 aromatic carbocycles. The van der Waals surface area contributed by atoms with Gasteiger partial charge in [0.05, 0.1) is 0 Å². The minimum atomic E-state index is 0.0311. The Morgan fingerprint density at radius 3 is 2.64 bits per heavy atom. The molecular formula is C24H37N3S. The molecule has 0 unspecified atom stereocenters. The summed E-state index contributed by atoms with van der Waals surface area (Å²) in [6, 6.07) is 0. The number of rotatable bonds is 6. The SMILES string of the molecule is C=CC(C)(C)CN=CC(=CN)CN1CCC2(CCCc3c2sc(C)c3C)CC1. The van der Waals surface area contributed by atoms with Gasteiger partial charge >= 0.3 is 0 Å². The second kappa shape index (κ2) is 8.54. The zero-order chi connectivity index (χ0) is 20.4. The van der Waals surface area contributed by atoms with Crippen LogP contribution in [0.5, 0.6) is 0 Å². The average molecular weight is 400 g/mol. The van der Waals surface area contributed by atoms with E-state index in [4.69, 9.17) is 5.73 Å². The van der Waals surface area contributed by atoms with Gasteiger partial charge in [0.2, 0.25) is 0 Å². The molecule has 1 spiro atoms. The van der Waals surface area contributed by atoms with E-state index in [1.807, 2.05) is 12.3 Å². The molecule has 0 saturated carbocycles. The van der Waals surface area contributed by atoms with E-state index in [-0.39, 0.29) is 5.41 Å². The lowest BCUT2D eigenvalue weighted by Crippen LogP contribution is -2.44. The summed E-state index contributed by atoms with van der Waals surface area (Å²) in [5.74, 6) is 0. The summed E-state index contributed by atoms with van der Waals surface area (Å²) < 4.78 is 0. The first-order chi connectivity index (χ1) is 13.3. The molecule has 1 aromatic rings. The fraction of sp³-hybridized carbons (Fsp3) is 0.625. The number of nitrogens with zero attached hydrogens (tertiary/aromatic N) is 2. The van der Waals surface area contributed by atoms with Crippen LogP contribution < -0.4 is 5.73 Å². The smallest absolute Gasteiger partial charge is 0.0474 e. The summed E-state index contributed by atoms with van der Waals surface area (Å²) in [6.45, 7) is 16.8. The largest absolute Gasteiger partial charge is 0.404 e. The Balaban J connectivity index is 1.61. The van der Waals surface area contributed by atoms with Crippen LogP contribution in [0.1, 0.15) is 60.4 Å². The molecule has 154 valence electrons. The molecule has 0 amide bonds. The summed E-state index contributed by atoms with van der Waals surface area (Å²) in [7, 11) is 0. The van der Waals surface area contributed by atoms with E-state index >= 15 is 0 Å². The third kappa shape index (κ3) is 4.44.